The van der Waals surface area contributed by atoms with E-state index in [9.17, 15) is 9.50 Å². The van der Waals surface area contributed by atoms with E-state index in [1.165, 1.54) is 6.07 Å². The van der Waals surface area contributed by atoms with Crippen molar-refractivity contribution in [1.82, 2.24) is 10.6 Å². The highest BCUT2D eigenvalue weighted by atomic mass is 32.1. The Morgan fingerprint density at radius 2 is 1.96 bits per heavy atom. The number of anilines is 1. The van der Waals surface area contributed by atoms with Gasteiger partial charge < -0.3 is 20.6 Å². The largest absolute Gasteiger partial charge is 0.386 e. The van der Waals surface area contributed by atoms with Crippen LogP contribution in [0.3, 0.4) is 0 Å². The van der Waals surface area contributed by atoms with Crippen molar-refractivity contribution < 1.29 is 9.50 Å². The van der Waals surface area contributed by atoms with Gasteiger partial charge in [-0.1, -0.05) is 24.3 Å². The molecule has 3 N–H and O–H groups in total. The average Bonchev–Trinajstić information content (AvgIpc) is 3.12. The standard InChI is InChI=1S/C21H25FN4OS/c1-23-21(24-12-14-8-9-17(26(2)3)16(22)10-14)25-13-18(27)20-11-15-6-4-5-7-19(15)28-20/h4-11,18,27H,12-13H2,1-3H3,(H2,23,24,25). The molecule has 0 aliphatic rings. The number of nitrogens with one attached hydrogen (secondary N) is 2. The first-order valence-corrected chi connectivity index (χ1v) is 9.86. The zero-order valence-electron chi connectivity index (χ0n) is 16.2. The Hall–Kier alpha value is -2.64. The van der Waals surface area contributed by atoms with Crippen LogP contribution >= 0.6 is 11.3 Å². The van der Waals surface area contributed by atoms with Crippen molar-refractivity contribution >= 4 is 33.1 Å². The molecule has 2 aromatic carbocycles. The average molecular weight is 401 g/mol. The van der Waals surface area contributed by atoms with Crippen LogP contribution in [-0.2, 0) is 6.54 Å². The molecule has 0 saturated carbocycles. The molecule has 1 unspecified atom stereocenters. The fourth-order valence-corrected chi connectivity index (χ4v) is 3.94. The molecule has 3 rings (SSSR count). The molecule has 28 heavy (non-hydrogen) atoms. The molecular formula is C21H25FN4OS. The fraction of sp³-hybridized carbons (Fsp3) is 0.286. The Kier molecular flexibility index (Phi) is 6.49. The van der Waals surface area contributed by atoms with E-state index in [2.05, 4.69) is 15.6 Å². The second-order valence-electron chi connectivity index (χ2n) is 6.69. The summed E-state index contributed by atoms with van der Waals surface area (Å²) in [4.78, 5) is 6.81. The fourth-order valence-electron chi connectivity index (χ4n) is 2.89. The van der Waals surface area contributed by atoms with E-state index < -0.39 is 6.10 Å². The molecule has 0 fully saturated rings. The zero-order valence-corrected chi connectivity index (χ0v) is 17.1. The third-order valence-electron chi connectivity index (χ3n) is 4.41. The number of benzene rings is 2. The maximum atomic E-state index is 14.1. The first-order chi connectivity index (χ1) is 13.5. The summed E-state index contributed by atoms with van der Waals surface area (Å²) in [6.45, 7) is 0.768. The molecule has 0 spiro atoms. The summed E-state index contributed by atoms with van der Waals surface area (Å²) in [5.74, 6) is 0.296. The molecule has 0 amide bonds. The van der Waals surface area contributed by atoms with Crippen LogP contribution in [0.5, 0.6) is 0 Å². The lowest BCUT2D eigenvalue weighted by molar-refractivity contribution is 0.184. The number of rotatable bonds is 6. The second kappa shape index (κ2) is 9.03. The van der Waals surface area contributed by atoms with Crippen molar-refractivity contribution in [3.63, 3.8) is 0 Å². The van der Waals surface area contributed by atoms with E-state index in [-0.39, 0.29) is 5.82 Å². The van der Waals surface area contributed by atoms with Crippen LogP contribution in [0.1, 0.15) is 16.5 Å². The van der Waals surface area contributed by atoms with Gasteiger partial charge in [-0.3, -0.25) is 4.99 Å². The van der Waals surface area contributed by atoms with Gasteiger partial charge in [-0.05, 0) is 35.2 Å². The number of nitrogens with zero attached hydrogens (tertiary/aromatic N) is 2. The number of aliphatic hydroxyl groups excluding tert-OH is 1. The summed E-state index contributed by atoms with van der Waals surface area (Å²) in [5, 5.41) is 17.9. The predicted molar refractivity (Wildman–Crippen MR) is 116 cm³/mol. The van der Waals surface area contributed by atoms with Crippen molar-refractivity contribution in [3.05, 3.63) is 64.8 Å². The Morgan fingerprint density at radius 1 is 1.18 bits per heavy atom. The molecule has 1 heterocycles. The molecule has 0 bridgehead atoms. The smallest absolute Gasteiger partial charge is 0.191 e. The van der Waals surface area contributed by atoms with Gasteiger partial charge >= 0.3 is 0 Å². The summed E-state index contributed by atoms with van der Waals surface area (Å²) in [5.41, 5.74) is 1.37. The molecule has 3 aromatic rings. The molecule has 0 saturated heterocycles. The summed E-state index contributed by atoms with van der Waals surface area (Å²) < 4.78 is 15.2. The van der Waals surface area contributed by atoms with Gasteiger partial charge in [0.15, 0.2) is 5.96 Å². The molecule has 7 heteroatoms. The van der Waals surface area contributed by atoms with Gasteiger partial charge in [0.25, 0.3) is 0 Å². The number of fused-ring (bicyclic) bond motifs is 1. The van der Waals surface area contributed by atoms with Crippen molar-refractivity contribution in [2.45, 2.75) is 12.6 Å². The van der Waals surface area contributed by atoms with Gasteiger partial charge in [0.1, 0.15) is 11.9 Å². The maximum absolute atomic E-state index is 14.1. The minimum Gasteiger partial charge on any atom is -0.386 e. The Morgan fingerprint density at radius 3 is 2.64 bits per heavy atom. The van der Waals surface area contributed by atoms with E-state index in [0.29, 0.717) is 24.7 Å². The second-order valence-corrected chi connectivity index (χ2v) is 7.80. The van der Waals surface area contributed by atoms with Gasteiger partial charge in [0.05, 0.1) is 5.69 Å². The van der Waals surface area contributed by atoms with Gasteiger partial charge in [-0.15, -0.1) is 11.3 Å². The lowest BCUT2D eigenvalue weighted by Crippen LogP contribution is -2.38. The molecule has 1 atom stereocenters. The molecule has 0 radical (unpaired) electrons. The number of aliphatic hydroxyl groups is 1. The minimum atomic E-state index is -0.632. The quantitative estimate of drug-likeness (QED) is 0.438. The van der Waals surface area contributed by atoms with Crippen molar-refractivity contribution in [2.75, 3.05) is 32.6 Å². The third-order valence-corrected chi connectivity index (χ3v) is 5.63. The normalized spacial score (nSPS) is 12.8. The number of hydrogen-bond donors (Lipinski definition) is 3. The number of halogens is 1. The highest BCUT2D eigenvalue weighted by Gasteiger charge is 2.12. The van der Waals surface area contributed by atoms with E-state index in [4.69, 9.17) is 0 Å². The van der Waals surface area contributed by atoms with Crippen LogP contribution in [0.15, 0.2) is 53.5 Å². The van der Waals surface area contributed by atoms with Gasteiger partial charge in [-0.2, -0.15) is 0 Å². The third kappa shape index (κ3) is 4.79. The Balaban J connectivity index is 1.55. The number of guanidine groups is 1. The zero-order chi connectivity index (χ0) is 20.1. The number of aliphatic imine (C=N–C) groups is 1. The number of thiophene rings is 1. The van der Waals surface area contributed by atoms with Gasteiger partial charge in [-0.25, -0.2) is 4.39 Å². The topological polar surface area (TPSA) is 59.9 Å². The van der Waals surface area contributed by atoms with Gasteiger partial charge in [0.2, 0.25) is 0 Å². The van der Waals surface area contributed by atoms with Crippen LogP contribution < -0.4 is 15.5 Å². The monoisotopic (exact) mass is 400 g/mol. The van der Waals surface area contributed by atoms with Crippen LogP contribution in [0, 0.1) is 5.82 Å². The number of hydrogen-bond acceptors (Lipinski definition) is 4. The van der Waals surface area contributed by atoms with E-state index in [1.807, 2.05) is 50.5 Å². The lowest BCUT2D eigenvalue weighted by Gasteiger charge is -2.16. The lowest BCUT2D eigenvalue weighted by atomic mass is 10.2. The summed E-state index contributed by atoms with van der Waals surface area (Å²) in [6, 6.07) is 15.2. The van der Waals surface area contributed by atoms with Crippen molar-refractivity contribution in [1.29, 1.82) is 0 Å². The first-order valence-electron chi connectivity index (χ1n) is 9.04. The highest BCUT2D eigenvalue weighted by Crippen LogP contribution is 2.29. The van der Waals surface area contributed by atoms with E-state index in [1.54, 1.807) is 29.4 Å². The molecule has 1 aromatic heterocycles. The summed E-state index contributed by atoms with van der Waals surface area (Å²) in [7, 11) is 5.28. The summed E-state index contributed by atoms with van der Waals surface area (Å²) >= 11 is 1.58. The molecule has 148 valence electrons. The summed E-state index contributed by atoms with van der Waals surface area (Å²) in [6.07, 6.45) is -0.632. The maximum Gasteiger partial charge on any atom is 0.191 e. The predicted octanol–water partition coefficient (Wildman–Crippen LogP) is 3.51. The minimum absolute atomic E-state index is 0.257. The van der Waals surface area contributed by atoms with Crippen molar-refractivity contribution in [3.8, 4) is 0 Å². The molecule has 5 nitrogen and oxygen atoms in total. The van der Waals surface area contributed by atoms with E-state index >= 15 is 0 Å². The molecule has 0 aliphatic heterocycles. The van der Waals surface area contributed by atoms with Crippen LogP contribution in [0.25, 0.3) is 10.1 Å². The first kappa shape index (κ1) is 20.1. The Bertz CT molecular complexity index is 937. The Labute approximate surface area is 168 Å². The van der Waals surface area contributed by atoms with Crippen molar-refractivity contribution in [2.24, 2.45) is 4.99 Å². The van der Waals surface area contributed by atoms with Crippen LogP contribution in [0.2, 0.25) is 0 Å². The van der Waals surface area contributed by atoms with Gasteiger partial charge in [0, 0.05) is 43.8 Å². The van der Waals surface area contributed by atoms with E-state index in [0.717, 1.165) is 20.5 Å². The molecular weight excluding hydrogens is 375 g/mol. The van der Waals surface area contributed by atoms with Crippen LogP contribution in [0.4, 0.5) is 10.1 Å². The molecule has 0 aliphatic carbocycles. The highest BCUT2D eigenvalue weighted by molar-refractivity contribution is 7.19. The van der Waals surface area contributed by atoms with Crippen LogP contribution in [-0.4, -0.2) is 38.8 Å². The SMILES string of the molecule is CN=C(NCc1ccc(N(C)C)c(F)c1)NCC(O)c1cc2ccccc2s1.